The first-order valence-electron chi connectivity index (χ1n) is 3.95. The van der Waals surface area contributed by atoms with E-state index >= 15 is 0 Å². The lowest BCUT2D eigenvalue weighted by molar-refractivity contribution is 0.744. The summed E-state index contributed by atoms with van der Waals surface area (Å²) in [6.07, 6.45) is 2.46. The second-order valence-electron chi connectivity index (χ2n) is 2.44. The minimum absolute atomic E-state index is 0.925. The van der Waals surface area contributed by atoms with Crippen LogP contribution in [0.5, 0.6) is 0 Å². The van der Waals surface area contributed by atoms with E-state index in [4.69, 9.17) is 0 Å². The van der Waals surface area contributed by atoms with Gasteiger partial charge in [0.15, 0.2) is 5.96 Å². The van der Waals surface area contributed by atoms with Crippen molar-refractivity contribution in [1.29, 1.82) is 0 Å². The number of nitrogens with zero attached hydrogens (tertiary/aromatic N) is 1. The van der Waals surface area contributed by atoms with Crippen molar-refractivity contribution in [3.63, 3.8) is 0 Å². The van der Waals surface area contributed by atoms with Crippen molar-refractivity contribution in [2.45, 2.75) is 19.8 Å². The van der Waals surface area contributed by atoms with Crippen molar-refractivity contribution in [2.24, 2.45) is 4.99 Å². The Hall–Kier alpha value is -0.730. The maximum Gasteiger partial charge on any atom is 0.191 e. The third kappa shape index (κ3) is 2.25. The summed E-state index contributed by atoms with van der Waals surface area (Å²) in [5.41, 5.74) is 0. The molecule has 0 saturated heterocycles. The van der Waals surface area contributed by atoms with Gasteiger partial charge < -0.3 is 10.6 Å². The van der Waals surface area contributed by atoms with Crippen LogP contribution in [0.4, 0.5) is 0 Å². The van der Waals surface area contributed by atoms with E-state index < -0.39 is 0 Å². The fourth-order valence-electron chi connectivity index (χ4n) is 0.900. The van der Waals surface area contributed by atoms with Gasteiger partial charge >= 0.3 is 0 Å². The SMILES string of the molecule is CCCCNC1=NCCN1. The second kappa shape index (κ2) is 4.14. The summed E-state index contributed by atoms with van der Waals surface area (Å²) in [6, 6.07) is 0. The van der Waals surface area contributed by atoms with Gasteiger partial charge in [0.25, 0.3) is 0 Å². The highest BCUT2D eigenvalue weighted by molar-refractivity contribution is 5.81. The van der Waals surface area contributed by atoms with Crippen molar-refractivity contribution >= 4 is 5.96 Å². The minimum Gasteiger partial charge on any atom is -0.356 e. The van der Waals surface area contributed by atoms with Crippen molar-refractivity contribution in [3.05, 3.63) is 0 Å². The van der Waals surface area contributed by atoms with Gasteiger partial charge in [-0.05, 0) is 6.42 Å². The van der Waals surface area contributed by atoms with E-state index in [0.717, 1.165) is 25.6 Å². The summed E-state index contributed by atoms with van der Waals surface area (Å²) in [5, 5.41) is 6.38. The van der Waals surface area contributed by atoms with Gasteiger partial charge in [0.1, 0.15) is 0 Å². The van der Waals surface area contributed by atoms with E-state index in [2.05, 4.69) is 22.5 Å². The predicted molar refractivity (Wildman–Crippen MR) is 43.2 cm³/mol. The highest BCUT2D eigenvalue weighted by atomic mass is 15.2. The van der Waals surface area contributed by atoms with Gasteiger partial charge in [0, 0.05) is 13.1 Å². The van der Waals surface area contributed by atoms with Crippen LogP contribution in [0.2, 0.25) is 0 Å². The molecule has 0 fully saturated rings. The van der Waals surface area contributed by atoms with Crippen molar-refractivity contribution in [3.8, 4) is 0 Å². The first-order valence-corrected chi connectivity index (χ1v) is 3.95. The first-order chi connectivity index (χ1) is 4.93. The normalized spacial score (nSPS) is 16.3. The molecule has 0 spiro atoms. The molecule has 0 aliphatic carbocycles. The Morgan fingerprint density at radius 2 is 2.60 bits per heavy atom. The molecule has 1 aliphatic heterocycles. The van der Waals surface area contributed by atoms with Crippen LogP contribution in [0, 0.1) is 0 Å². The van der Waals surface area contributed by atoms with Crippen LogP contribution in [0.1, 0.15) is 19.8 Å². The third-order valence-corrected chi connectivity index (χ3v) is 1.50. The van der Waals surface area contributed by atoms with E-state index in [-0.39, 0.29) is 0 Å². The number of unbranched alkanes of at least 4 members (excludes halogenated alkanes) is 1. The molecule has 0 saturated carbocycles. The van der Waals surface area contributed by atoms with E-state index in [9.17, 15) is 0 Å². The molecule has 3 nitrogen and oxygen atoms in total. The van der Waals surface area contributed by atoms with Crippen LogP contribution in [0.3, 0.4) is 0 Å². The molecule has 0 aromatic rings. The van der Waals surface area contributed by atoms with Gasteiger partial charge in [-0.3, -0.25) is 4.99 Å². The van der Waals surface area contributed by atoms with Crippen LogP contribution in [-0.4, -0.2) is 25.6 Å². The zero-order valence-electron chi connectivity index (χ0n) is 6.48. The molecule has 0 bridgehead atoms. The monoisotopic (exact) mass is 141 g/mol. The molecule has 0 radical (unpaired) electrons. The predicted octanol–water partition coefficient (Wildman–Crippen LogP) is 0.335. The smallest absolute Gasteiger partial charge is 0.191 e. The van der Waals surface area contributed by atoms with Gasteiger partial charge in [-0.1, -0.05) is 13.3 Å². The maximum atomic E-state index is 4.20. The van der Waals surface area contributed by atoms with Crippen LogP contribution < -0.4 is 10.6 Å². The van der Waals surface area contributed by atoms with Crippen LogP contribution in [0.25, 0.3) is 0 Å². The lowest BCUT2D eigenvalue weighted by atomic mass is 10.3. The third-order valence-electron chi connectivity index (χ3n) is 1.50. The highest BCUT2D eigenvalue weighted by Gasteiger charge is 2.01. The van der Waals surface area contributed by atoms with E-state index in [1.807, 2.05) is 0 Å². The average Bonchev–Trinajstić information content (AvgIpc) is 2.41. The molecule has 0 atom stereocenters. The molecule has 1 rings (SSSR count). The van der Waals surface area contributed by atoms with Gasteiger partial charge in [-0.2, -0.15) is 0 Å². The van der Waals surface area contributed by atoms with Crippen LogP contribution in [0.15, 0.2) is 4.99 Å². The number of hydrogen-bond acceptors (Lipinski definition) is 3. The second-order valence-corrected chi connectivity index (χ2v) is 2.44. The largest absolute Gasteiger partial charge is 0.356 e. The topological polar surface area (TPSA) is 36.4 Å². The molecule has 1 heterocycles. The fourth-order valence-corrected chi connectivity index (χ4v) is 0.900. The van der Waals surface area contributed by atoms with Gasteiger partial charge in [-0.15, -0.1) is 0 Å². The summed E-state index contributed by atoms with van der Waals surface area (Å²) >= 11 is 0. The molecule has 0 unspecified atom stereocenters. The first kappa shape index (κ1) is 7.38. The molecule has 10 heavy (non-hydrogen) atoms. The van der Waals surface area contributed by atoms with E-state index in [1.54, 1.807) is 0 Å². The van der Waals surface area contributed by atoms with Crippen molar-refractivity contribution in [1.82, 2.24) is 10.6 Å². The molecular formula is C7H15N3. The van der Waals surface area contributed by atoms with E-state index in [1.165, 1.54) is 12.8 Å². The number of guanidine groups is 1. The lowest BCUT2D eigenvalue weighted by Crippen LogP contribution is -2.34. The summed E-state index contributed by atoms with van der Waals surface area (Å²) in [5.74, 6) is 0.980. The Balaban J connectivity index is 2.01. The maximum absolute atomic E-state index is 4.20. The minimum atomic E-state index is 0.925. The summed E-state index contributed by atoms with van der Waals surface area (Å²) < 4.78 is 0. The van der Waals surface area contributed by atoms with Crippen molar-refractivity contribution in [2.75, 3.05) is 19.6 Å². The van der Waals surface area contributed by atoms with Gasteiger partial charge in [0.05, 0.1) is 6.54 Å². The van der Waals surface area contributed by atoms with Gasteiger partial charge in [-0.25, -0.2) is 0 Å². The van der Waals surface area contributed by atoms with Crippen LogP contribution >= 0.6 is 0 Å². The molecule has 3 heteroatoms. The summed E-state index contributed by atoms with van der Waals surface area (Å²) in [6.45, 7) is 5.15. The van der Waals surface area contributed by atoms with E-state index in [0.29, 0.717) is 0 Å². The average molecular weight is 141 g/mol. The summed E-state index contributed by atoms with van der Waals surface area (Å²) in [4.78, 5) is 4.20. The van der Waals surface area contributed by atoms with Crippen LogP contribution in [-0.2, 0) is 0 Å². The molecule has 0 amide bonds. The van der Waals surface area contributed by atoms with Gasteiger partial charge in [0.2, 0.25) is 0 Å². The molecule has 58 valence electrons. The Labute approximate surface area is 61.9 Å². The lowest BCUT2D eigenvalue weighted by Gasteiger charge is -2.03. The quantitative estimate of drug-likeness (QED) is 0.556. The molecule has 0 aromatic carbocycles. The zero-order chi connectivity index (χ0) is 7.23. The molecule has 2 N–H and O–H groups in total. The number of aliphatic imine (C=N–C) groups is 1. The fraction of sp³-hybridized carbons (Fsp3) is 0.857. The standard InChI is InChI=1S/C7H15N3/c1-2-3-4-8-7-9-5-6-10-7/h2-6H2,1H3,(H2,8,9,10). The molecule has 0 aromatic heterocycles. The Kier molecular flexibility index (Phi) is 3.06. The zero-order valence-corrected chi connectivity index (χ0v) is 6.48. The Morgan fingerprint density at radius 3 is 3.20 bits per heavy atom. The number of rotatable bonds is 3. The molecular weight excluding hydrogens is 126 g/mol. The summed E-state index contributed by atoms with van der Waals surface area (Å²) in [7, 11) is 0. The van der Waals surface area contributed by atoms with Crippen molar-refractivity contribution < 1.29 is 0 Å². The number of nitrogens with one attached hydrogen (secondary N) is 2. The Morgan fingerprint density at radius 1 is 1.70 bits per heavy atom. The Bertz CT molecular complexity index is 120. The number of hydrogen-bond donors (Lipinski definition) is 2. The molecule has 1 aliphatic rings. The highest BCUT2D eigenvalue weighted by Crippen LogP contribution is 1.84.